The average molecular weight is 190 g/mol. The third-order valence-electron chi connectivity index (χ3n) is 2.05. The Balaban J connectivity index is 2.75. The molecule has 1 aromatic carbocycles. The summed E-state index contributed by atoms with van der Waals surface area (Å²) >= 11 is 5.10. The minimum absolute atomic E-state index is 0.642. The topological polar surface area (TPSA) is 48.9 Å². The molecule has 4 nitrogen and oxygen atoms in total. The number of hydrogen-bond donors (Lipinski definition) is 2. The van der Waals surface area contributed by atoms with Crippen LogP contribution in [0.1, 0.15) is 0 Å². The van der Waals surface area contributed by atoms with Crippen molar-refractivity contribution >= 4 is 29.0 Å². The van der Waals surface area contributed by atoms with E-state index in [0.717, 1.165) is 16.8 Å². The van der Waals surface area contributed by atoms with Crippen molar-refractivity contribution in [2.75, 3.05) is 0 Å². The molecule has 2 aromatic heterocycles. The molecule has 0 bridgehead atoms. The highest BCUT2D eigenvalue weighted by atomic mass is 32.1. The van der Waals surface area contributed by atoms with Gasteiger partial charge in [0.1, 0.15) is 0 Å². The number of nitrogens with zero attached hydrogens (tertiary/aromatic N) is 2. The molecule has 0 unspecified atom stereocenters. The molecule has 2 heterocycles. The summed E-state index contributed by atoms with van der Waals surface area (Å²) in [7, 11) is 0. The highest BCUT2D eigenvalue weighted by Gasteiger charge is 2.04. The van der Waals surface area contributed by atoms with E-state index in [4.69, 9.17) is 12.2 Å². The highest BCUT2D eigenvalue weighted by molar-refractivity contribution is 7.71. The van der Waals surface area contributed by atoms with Crippen molar-refractivity contribution in [1.82, 2.24) is 19.6 Å². The van der Waals surface area contributed by atoms with Gasteiger partial charge in [-0.15, -0.1) is 0 Å². The van der Waals surface area contributed by atoms with Crippen molar-refractivity contribution in [2.24, 2.45) is 0 Å². The van der Waals surface area contributed by atoms with Gasteiger partial charge >= 0.3 is 0 Å². The number of aromatic amines is 2. The zero-order chi connectivity index (χ0) is 8.84. The fraction of sp³-hybridized carbons (Fsp3) is 0. The number of para-hydroxylation sites is 2. The molecular weight excluding hydrogens is 184 g/mol. The van der Waals surface area contributed by atoms with Gasteiger partial charge in [0, 0.05) is 0 Å². The maximum absolute atomic E-state index is 5.10. The molecule has 0 saturated carbocycles. The van der Waals surface area contributed by atoms with Crippen LogP contribution in [0.3, 0.4) is 0 Å². The Hall–Kier alpha value is -1.62. The van der Waals surface area contributed by atoms with Gasteiger partial charge in [0.25, 0.3) is 0 Å². The van der Waals surface area contributed by atoms with E-state index in [1.807, 2.05) is 28.7 Å². The lowest BCUT2D eigenvalue weighted by molar-refractivity contribution is 1.08. The molecule has 3 rings (SSSR count). The number of nitrogens with one attached hydrogen (secondary N) is 2. The number of H-pyrrole nitrogens is 2. The molecule has 0 aliphatic rings. The number of aromatic nitrogens is 4. The van der Waals surface area contributed by atoms with Crippen molar-refractivity contribution in [3.8, 4) is 0 Å². The van der Waals surface area contributed by atoms with Crippen LogP contribution in [0.25, 0.3) is 16.8 Å². The Bertz CT molecular complexity index is 630. The number of benzene rings is 1. The molecular formula is C8H6N4S. The van der Waals surface area contributed by atoms with Crippen LogP contribution in [0, 0.1) is 4.77 Å². The average Bonchev–Trinajstić information content (AvgIpc) is 2.66. The summed E-state index contributed by atoms with van der Waals surface area (Å²) in [5.74, 6) is 0.756. The summed E-state index contributed by atoms with van der Waals surface area (Å²) < 4.78 is 2.52. The third kappa shape index (κ3) is 0.790. The van der Waals surface area contributed by atoms with Crippen molar-refractivity contribution in [2.45, 2.75) is 0 Å². The van der Waals surface area contributed by atoms with Crippen LogP contribution in [0.15, 0.2) is 24.3 Å². The first kappa shape index (κ1) is 6.85. The molecule has 0 spiro atoms. The van der Waals surface area contributed by atoms with Crippen LogP contribution in [0.2, 0.25) is 0 Å². The monoisotopic (exact) mass is 190 g/mol. The van der Waals surface area contributed by atoms with Crippen molar-refractivity contribution in [1.29, 1.82) is 0 Å². The van der Waals surface area contributed by atoms with Crippen LogP contribution < -0.4 is 0 Å². The number of hydrogen-bond acceptors (Lipinski definition) is 2. The summed E-state index contributed by atoms with van der Waals surface area (Å²) in [6, 6.07) is 7.89. The van der Waals surface area contributed by atoms with Crippen LogP contribution in [-0.2, 0) is 0 Å². The van der Waals surface area contributed by atoms with Gasteiger partial charge < -0.3 is 0 Å². The Kier molecular flexibility index (Phi) is 1.16. The molecule has 0 aliphatic carbocycles. The van der Waals surface area contributed by atoms with E-state index >= 15 is 0 Å². The first-order valence-electron chi connectivity index (χ1n) is 3.90. The van der Waals surface area contributed by atoms with Gasteiger partial charge in [0.2, 0.25) is 5.78 Å². The predicted molar refractivity (Wildman–Crippen MR) is 52.2 cm³/mol. The van der Waals surface area contributed by atoms with Crippen molar-refractivity contribution < 1.29 is 0 Å². The standard InChI is InChI=1S/C8H6N4S/c13-8-11-10-7-9-5-3-1-2-4-6(5)12(7)8/h1-4H,(H,9,10)(H,11,13). The lowest BCUT2D eigenvalue weighted by Gasteiger charge is -1.86. The zero-order valence-electron chi connectivity index (χ0n) is 6.61. The largest absolute Gasteiger partial charge is 0.273 e. The summed E-state index contributed by atoms with van der Waals surface area (Å²) in [4.78, 5) is 4.35. The molecule has 3 aromatic rings. The van der Waals surface area contributed by atoms with E-state index in [9.17, 15) is 0 Å². The van der Waals surface area contributed by atoms with Crippen molar-refractivity contribution in [3.63, 3.8) is 0 Å². The second-order valence-electron chi connectivity index (χ2n) is 2.81. The van der Waals surface area contributed by atoms with Gasteiger partial charge in [0.05, 0.1) is 11.0 Å². The number of rotatable bonds is 0. The maximum atomic E-state index is 5.10. The van der Waals surface area contributed by atoms with E-state index < -0.39 is 0 Å². The second kappa shape index (κ2) is 2.20. The fourth-order valence-electron chi connectivity index (χ4n) is 1.48. The lowest BCUT2D eigenvalue weighted by atomic mass is 10.3. The van der Waals surface area contributed by atoms with Gasteiger partial charge in [0.15, 0.2) is 4.77 Å². The molecule has 64 valence electrons. The van der Waals surface area contributed by atoms with Gasteiger partial charge in [-0.05, 0) is 24.4 Å². The summed E-state index contributed by atoms with van der Waals surface area (Å²) in [6.45, 7) is 0. The highest BCUT2D eigenvalue weighted by Crippen LogP contribution is 2.14. The second-order valence-corrected chi connectivity index (χ2v) is 3.20. The minimum Gasteiger partial charge on any atom is -0.273 e. The van der Waals surface area contributed by atoms with Crippen LogP contribution in [0.5, 0.6) is 0 Å². The SMILES string of the molecule is S=c1[nH][nH]c2nc3ccccc3n12. The van der Waals surface area contributed by atoms with Gasteiger partial charge in [-0.1, -0.05) is 12.1 Å². The molecule has 5 heteroatoms. The normalized spacial score (nSPS) is 11.4. The van der Waals surface area contributed by atoms with E-state index in [-0.39, 0.29) is 0 Å². The lowest BCUT2D eigenvalue weighted by Crippen LogP contribution is -1.78. The smallest absolute Gasteiger partial charge is 0.229 e. The van der Waals surface area contributed by atoms with Gasteiger partial charge in [-0.3, -0.25) is 14.6 Å². The summed E-state index contributed by atoms with van der Waals surface area (Å²) in [5, 5.41) is 5.74. The number of fused-ring (bicyclic) bond motifs is 3. The Morgan fingerprint density at radius 3 is 3.00 bits per heavy atom. The van der Waals surface area contributed by atoms with E-state index in [0.29, 0.717) is 4.77 Å². The van der Waals surface area contributed by atoms with Gasteiger partial charge in [-0.2, -0.15) is 0 Å². The van der Waals surface area contributed by atoms with Crippen molar-refractivity contribution in [3.05, 3.63) is 29.0 Å². The molecule has 0 atom stereocenters. The van der Waals surface area contributed by atoms with Crippen LogP contribution >= 0.6 is 12.2 Å². The Labute approximate surface area is 78.2 Å². The zero-order valence-corrected chi connectivity index (χ0v) is 7.43. The van der Waals surface area contributed by atoms with E-state index in [1.165, 1.54) is 0 Å². The first-order chi connectivity index (χ1) is 6.36. The molecule has 0 amide bonds. The molecule has 0 saturated heterocycles. The van der Waals surface area contributed by atoms with Crippen LogP contribution in [0.4, 0.5) is 0 Å². The molecule has 0 fully saturated rings. The predicted octanol–water partition coefficient (Wildman–Crippen LogP) is 1.87. The third-order valence-corrected chi connectivity index (χ3v) is 2.33. The summed E-state index contributed by atoms with van der Waals surface area (Å²) in [5.41, 5.74) is 1.98. The molecule has 0 aliphatic heterocycles. The molecule has 0 radical (unpaired) electrons. The fourth-order valence-corrected chi connectivity index (χ4v) is 1.72. The van der Waals surface area contributed by atoms with E-state index in [1.54, 1.807) is 0 Å². The van der Waals surface area contributed by atoms with E-state index in [2.05, 4.69) is 15.2 Å². The van der Waals surface area contributed by atoms with Crippen LogP contribution in [-0.4, -0.2) is 19.6 Å². The van der Waals surface area contributed by atoms with Gasteiger partial charge in [-0.25, -0.2) is 4.98 Å². The maximum Gasteiger partial charge on any atom is 0.229 e. The minimum atomic E-state index is 0.642. The summed E-state index contributed by atoms with van der Waals surface area (Å²) in [6.07, 6.45) is 0. The number of imidazole rings is 1. The molecule has 2 N–H and O–H groups in total. The first-order valence-corrected chi connectivity index (χ1v) is 4.31. The Morgan fingerprint density at radius 2 is 2.08 bits per heavy atom. The quantitative estimate of drug-likeness (QED) is 0.532. The molecule has 13 heavy (non-hydrogen) atoms. The Morgan fingerprint density at radius 1 is 1.23 bits per heavy atom.